The van der Waals surface area contributed by atoms with E-state index in [-0.39, 0.29) is 5.56 Å². The number of hydrogen-bond acceptors (Lipinski definition) is 2. The van der Waals surface area contributed by atoms with Crippen molar-refractivity contribution in [3.63, 3.8) is 0 Å². The maximum atomic E-state index is 10.9. The lowest BCUT2D eigenvalue weighted by Gasteiger charge is -2.02. The van der Waals surface area contributed by atoms with E-state index in [1.807, 2.05) is 12.4 Å². The first-order valence-electron chi connectivity index (χ1n) is 7.15. The summed E-state index contributed by atoms with van der Waals surface area (Å²) >= 11 is 0. The van der Waals surface area contributed by atoms with E-state index in [0.29, 0.717) is 0 Å². The van der Waals surface area contributed by atoms with Crippen molar-refractivity contribution in [3.8, 4) is 16.8 Å². The Morgan fingerprint density at radius 2 is 1.73 bits per heavy atom. The Morgan fingerprint density at radius 3 is 2.32 bits per heavy atom. The fraction of sp³-hybridized carbons (Fsp3) is 0.111. The Bertz CT molecular complexity index is 787. The summed E-state index contributed by atoms with van der Waals surface area (Å²) in [6.07, 6.45) is 4.78. The van der Waals surface area contributed by atoms with Crippen molar-refractivity contribution in [1.82, 2.24) is 9.78 Å². The number of rotatable bonds is 4. The van der Waals surface area contributed by atoms with Gasteiger partial charge in [0.15, 0.2) is 0 Å². The molecule has 0 saturated carbocycles. The highest BCUT2D eigenvalue weighted by atomic mass is 16.4. The molecule has 0 aliphatic carbocycles. The third kappa shape index (κ3) is 2.76. The minimum atomic E-state index is -0.927. The Labute approximate surface area is 128 Å². The first kappa shape index (κ1) is 14.1. The molecule has 0 radical (unpaired) electrons. The molecule has 110 valence electrons. The molecular weight excluding hydrogens is 276 g/mol. The molecule has 0 aliphatic rings. The van der Waals surface area contributed by atoms with Crippen LogP contribution in [-0.4, -0.2) is 20.9 Å². The van der Waals surface area contributed by atoms with Gasteiger partial charge >= 0.3 is 5.97 Å². The van der Waals surface area contributed by atoms with Crippen LogP contribution in [0.3, 0.4) is 0 Å². The maximum absolute atomic E-state index is 10.9. The number of aryl methyl sites for hydroxylation is 1. The van der Waals surface area contributed by atoms with Gasteiger partial charge in [-0.2, -0.15) is 5.10 Å². The summed E-state index contributed by atoms with van der Waals surface area (Å²) in [5.41, 5.74) is 4.56. The lowest BCUT2D eigenvalue weighted by Crippen LogP contribution is -1.98. The molecule has 3 rings (SSSR count). The largest absolute Gasteiger partial charge is 0.478 e. The second-order valence-corrected chi connectivity index (χ2v) is 5.08. The fourth-order valence-corrected chi connectivity index (χ4v) is 2.30. The summed E-state index contributed by atoms with van der Waals surface area (Å²) in [6, 6.07) is 15.1. The molecular formula is C18H16N2O2. The zero-order valence-electron chi connectivity index (χ0n) is 12.2. The summed E-state index contributed by atoms with van der Waals surface area (Å²) < 4.78 is 1.74. The second-order valence-electron chi connectivity index (χ2n) is 5.08. The van der Waals surface area contributed by atoms with Gasteiger partial charge in [0, 0.05) is 11.8 Å². The molecule has 3 aromatic rings. The average molecular weight is 292 g/mol. The van der Waals surface area contributed by atoms with Crippen LogP contribution in [0.25, 0.3) is 16.8 Å². The number of aromatic nitrogens is 2. The summed E-state index contributed by atoms with van der Waals surface area (Å²) in [4.78, 5) is 10.9. The van der Waals surface area contributed by atoms with E-state index in [1.54, 1.807) is 28.9 Å². The van der Waals surface area contributed by atoms with E-state index in [9.17, 15) is 4.79 Å². The summed E-state index contributed by atoms with van der Waals surface area (Å²) in [7, 11) is 0. The third-order valence-electron chi connectivity index (χ3n) is 3.66. The highest BCUT2D eigenvalue weighted by Gasteiger charge is 2.06. The summed E-state index contributed by atoms with van der Waals surface area (Å²) in [5.74, 6) is -0.927. The highest BCUT2D eigenvalue weighted by Crippen LogP contribution is 2.21. The number of carboxylic acids is 1. The Kier molecular flexibility index (Phi) is 3.74. The number of nitrogens with zero attached hydrogens (tertiary/aromatic N) is 2. The van der Waals surface area contributed by atoms with Crippen molar-refractivity contribution >= 4 is 5.97 Å². The average Bonchev–Trinajstić information content (AvgIpc) is 3.05. The van der Waals surface area contributed by atoms with E-state index >= 15 is 0 Å². The van der Waals surface area contributed by atoms with Gasteiger partial charge in [0.05, 0.1) is 17.4 Å². The zero-order valence-corrected chi connectivity index (χ0v) is 12.2. The topological polar surface area (TPSA) is 55.1 Å². The van der Waals surface area contributed by atoms with E-state index < -0.39 is 5.97 Å². The van der Waals surface area contributed by atoms with E-state index in [4.69, 9.17) is 5.11 Å². The van der Waals surface area contributed by atoms with Crippen LogP contribution in [0.4, 0.5) is 0 Å². The normalized spacial score (nSPS) is 10.6. The molecule has 0 bridgehead atoms. The monoisotopic (exact) mass is 292 g/mol. The number of carboxylic acid groups (broad SMARTS) is 1. The van der Waals surface area contributed by atoms with Crippen molar-refractivity contribution in [2.75, 3.05) is 0 Å². The minimum Gasteiger partial charge on any atom is -0.478 e. The van der Waals surface area contributed by atoms with Crippen LogP contribution >= 0.6 is 0 Å². The Balaban J connectivity index is 1.87. The smallest absolute Gasteiger partial charge is 0.335 e. The van der Waals surface area contributed by atoms with Crippen LogP contribution in [0.15, 0.2) is 60.9 Å². The molecule has 0 amide bonds. The van der Waals surface area contributed by atoms with Crippen LogP contribution < -0.4 is 0 Å². The first-order valence-corrected chi connectivity index (χ1v) is 7.15. The lowest BCUT2D eigenvalue weighted by atomic mass is 10.1. The molecule has 0 spiro atoms. The molecule has 0 atom stereocenters. The summed E-state index contributed by atoms with van der Waals surface area (Å²) in [6.45, 7) is 2.13. The number of carbonyl (C=O) groups is 1. The predicted molar refractivity (Wildman–Crippen MR) is 85.3 cm³/mol. The van der Waals surface area contributed by atoms with Gasteiger partial charge in [-0.25, -0.2) is 9.48 Å². The van der Waals surface area contributed by atoms with Crippen LogP contribution in [-0.2, 0) is 6.42 Å². The standard InChI is InChI=1S/C18H16N2O2/c1-2-13-3-5-14(6-4-13)16-11-19-20(12-16)17-9-7-15(8-10-17)18(21)22/h3-12H,2H2,1H3,(H,21,22). The van der Waals surface area contributed by atoms with Crippen molar-refractivity contribution in [3.05, 3.63) is 72.1 Å². The highest BCUT2D eigenvalue weighted by molar-refractivity contribution is 5.87. The van der Waals surface area contributed by atoms with Gasteiger partial charge < -0.3 is 5.11 Å². The van der Waals surface area contributed by atoms with Gasteiger partial charge in [-0.05, 0) is 41.8 Å². The van der Waals surface area contributed by atoms with Gasteiger partial charge in [0.25, 0.3) is 0 Å². The van der Waals surface area contributed by atoms with E-state index in [1.165, 1.54) is 5.56 Å². The molecule has 4 heteroatoms. The van der Waals surface area contributed by atoms with Gasteiger partial charge in [-0.1, -0.05) is 31.2 Å². The predicted octanol–water partition coefficient (Wildman–Crippen LogP) is 3.80. The molecule has 0 unspecified atom stereocenters. The molecule has 4 nitrogen and oxygen atoms in total. The zero-order chi connectivity index (χ0) is 15.5. The van der Waals surface area contributed by atoms with Crippen LogP contribution in [0.2, 0.25) is 0 Å². The van der Waals surface area contributed by atoms with Gasteiger partial charge in [0.2, 0.25) is 0 Å². The van der Waals surface area contributed by atoms with Crippen molar-refractivity contribution in [2.45, 2.75) is 13.3 Å². The molecule has 0 saturated heterocycles. The molecule has 0 fully saturated rings. The number of aromatic carboxylic acids is 1. The SMILES string of the molecule is CCc1ccc(-c2cnn(-c3ccc(C(=O)O)cc3)c2)cc1. The number of hydrogen-bond donors (Lipinski definition) is 1. The molecule has 1 aromatic heterocycles. The van der Waals surface area contributed by atoms with E-state index in [0.717, 1.165) is 23.2 Å². The molecule has 1 N–H and O–H groups in total. The van der Waals surface area contributed by atoms with Crippen molar-refractivity contribution < 1.29 is 9.90 Å². The quantitative estimate of drug-likeness (QED) is 0.795. The lowest BCUT2D eigenvalue weighted by molar-refractivity contribution is 0.0697. The number of benzene rings is 2. The Morgan fingerprint density at radius 1 is 1.05 bits per heavy atom. The first-order chi connectivity index (χ1) is 10.7. The van der Waals surface area contributed by atoms with Gasteiger partial charge in [-0.3, -0.25) is 0 Å². The van der Waals surface area contributed by atoms with Crippen LogP contribution in [0, 0.1) is 0 Å². The molecule has 22 heavy (non-hydrogen) atoms. The maximum Gasteiger partial charge on any atom is 0.335 e. The second kappa shape index (κ2) is 5.85. The minimum absolute atomic E-state index is 0.270. The van der Waals surface area contributed by atoms with E-state index in [2.05, 4.69) is 36.3 Å². The third-order valence-corrected chi connectivity index (χ3v) is 3.66. The summed E-state index contributed by atoms with van der Waals surface area (Å²) in [5, 5.41) is 13.3. The Hall–Kier alpha value is -2.88. The molecule has 1 heterocycles. The van der Waals surface area contributed by atoms with Gasteiger partial charge in [0.1, 0.15) is 0 Å². The fourth-order valence-electron chi connectivity index (χ4n) is 2.30. The molecule has 2 aromatic carbocycles. The van der Waals surface area contributed by atoms with Crippen molar-refractivity contribution in [1.29, 1.82) is 0 Å². The van der Waals surface area contributed by atoms with Crippen LogP contribution in [0.5, 0.6) is 0 Å². The van der Waals surface area contributed by atoms with Gasteiger partial charge in [-0.15, -0.1) is 0 Å². The molecule has 0 aliphatic heterocycles. The van der Waals surface area contributed by atoms with Crippen molar-refractivity contribution in [2.24, 2.45) is 0 Å². The van der Waals surface area contributed by atoms with Crippen LogP contribution in [0.1, 0.15) is 22.8 Å².